The molecule has 0 saturated heterocycles. The summed E-state index contributed by atoms with van der Waals surface area (Å²) in [5, 5.41) is 17.4. The molecule has 0 fully saturated rings. The Morgan fingerprint density at radius 2 is 1.86 bits per heavy atom. The van der Waals surface area contributed by atoms with Crippen LogP contribution in [0, 0.1) is 0 Å². The van der Waals surface area contributed by atoms with Gasteiger partial charge in [0, 0.05) is 23.9 Å². The van der Waals surface area contributed by atoms with Crippen LogP contribution in [0.25, 0.3) is 21.3 Å². The van der Waals surface area contributed by atoms with Gasteiger partial charge in [0.15, 0.2) is 0 Å². The highest BCUT2D eigenvalue weighted by molar-refractivity contribution is 7.89. The van der Waals surface area contributed by atoms with E-state index in [9.17, 15) is 13.2 Å². The van der Waals surface area contributed by atoms with Crippen LogP contribution in [0.3, 0.4) is 0 Å². The van der Waals surface area contributed by atoms with Crippen molar-refractivity contribution in [3.05, 3.63) is 59.3 Å². The number of nitrogens with zero attached hydrogens (tertiary/aromatic N) is 2. The molecule has 10 heteroatoms. The summed E-state index contributed by atoms with van der Waals surface area (Å²) in [5.41, 5.74) is 0.955. The molecule has 2 aromatic carbocycles. The fraction of sp³-hybridized carbons (Fsp3) is 0.105. The first-order valence-electron chi connectivity index (χ1n) is 8.66. The number of fused-ring (bicyclic) bond motifs is 1. The average molecular weight is 445 g/mol. The van der Waals surface area contributed by atoms with E-state index < -0.39 is 10.0 Å². The van der Waals surface area contributed by atoms with Crippen LogP contribution in [0.15, 0.2) is 64.2 Å². The van der Waals surface area contributed by atoms with E-state index >= 15 is 0 Å². The highest BCUT2D eigenvalue weighted by Gasteiger charge is 2.15. The largest absolute Gasteiger partial charge is 0.300 e. The van der Waals surface area contributed by atoms with E-state index in [4.69, 9.17) is 0 Å². The summed E-state index contributed by atoms with van der Waals surface area (Å²) in [5.74, 6) is -0.334. The minimum Gasteiger partial charge on any atom is -0.300 e. The van der Waals surface area contributed by atoms with Crippen molar-refractivity contribution in [1.29, 1.82) is 0 Å². The van der Waals surface area contributed by atoms with Crippen molar-refractivity contribution in [2.75, 3.05) is 11.9 Å². The lowest BCUT2D eigenvalue weighted by Crippen LogP contribution is -2.27. The zero-order chi connectivity index (χ0) is 20.3. The SMILES string of the molecule is O=C(CCNS(=O)(=O)c1ccc2ccccc2c1)Nc1nnc(-c2ccsc2)s1. The summed E-state index contributed by atoms with van der Waals surface area (Å²) in [7, 11) is -3.70. The molecule has 0 unspecified atom stereocenters. The summed E-state index contributed by atoms with van der Waals surface area (Å²) < 4.78 is 27.4. The van der Waals surface area contributed by atoms with Crippen LogP contribution < -0.4 is 10.0 Å². The van der Waals surface area contributed by atoms with E-state index in [-0.39, 0.29) is 23.8 Å². The zero-order valence-corrected chi connectivity index (χ0v) is 17.5. The molecule has 2 aromatic heterocycles. The van der Waals surface area contributed by atoms with Crippen LogP contribution in [0.2, 0.25) is 0 Å². The maximum absolute atomic E-state index is 12.5. The number of rotatable bonds is 7. The number of carbonyl (C=O) groups is 1. The monoisotopic (exact) mass is 444 g/mol. The van der Waals surface area contributed by atoms with Crippen molar-refractivity contribution in [3.63, 3.8) is 0 Å². The second-order valence-electron chi connectivity index (χ2n) is 6.13. The van der Waals surface area contributed by atoms with Crippen molar-refractivity contribution in [2.24, 2.45) is 0 Å². The Balaban J connectivity index is 1.33. The minimum atomic E-state index is -3.70. The molecule has 148 valence electrons. The molecule has 0 atom stereocenters. The molecule has 0 saturated carbocycles. The Hall–Kier alpha value is -2.66. The molecule has 29 heavy (non-hydrogen) atoms. The topological polar surface area (TPSA) is 101 Å². The zero-order valence-electron chi connectivity index (χ0n) is 15.0. The molecule has 0 bridgehead atoms. The molecule has 7 nitrogen and oxygen atoms in total. The standard InChI is InChI=1S/C19H16N4O3S3/c24-17(21-19-23-22-18(28-19)15-8-10-27-12-15)7-9-20-29(25,26)16-6-5-13-3-1-2-4-14(13)11-16/h1-6,8,10-12,20H,7,9H2,(H,21,23,24). The van der Waals surface area contributed by atoms with Crippen molar-refractivity contribution in [1.82, 2.24) is 14.9 Å². The maximum Gasteiger partial charge on any atom is 0.240 e. The van der Waals surface area contributed by atoms with E-state index in [1.54, 1.807) is 29.5 Å². The third-order valence-electron chi connectivity index (χ3n) is 4.11. The van der Waals surface area contributed by atoms with Crippen LogP contribution in [-0.2, 0) is 14.8 Å². The Labute approximate surface area is 175 Å². The van der Waals surface area contributed by atoms with Gasteiger partial charge in [-0.1, -0.05) is 41.7 Å². The first kappa shape index (κ1) is 19.6. The average Bonchev–Trinajstić information content (AvgIpc) is 3.39. The van der Waals surface area contributed by atoms with Crippen molar-refractivity contribution in [2.45, 2.75) is 11.3 Å². The normalized spacial score (nSPS) is 11.6. The summed E-state index contributed by atoms with van der Waals surface area (Å²) >= 11 is 2.83. The molecule has 4 rings (SSSR count). The number of benzene rings is 2. The molecular formula is C19H16N4O3S3. The Morgan fingerprint density at radius 3 is 2.66 bits per heavy atom. The lowest BCUT2D eigenvalue weighted by Gasteiger charge is -2.07. The van der Waals surface area contributed by atoms with Crippen molar-refractivity contribution in [3.8, 4) is 10.6 Å². The van der Waals surface area contributed by atoms with Gasteiger partial charge in [-0.15, -0.1) is 10.2 Å². The second kappa shape index (κ2) is 8.37. The van der Waals surface area contributed by atoms with E-state index in [0.717, 1.165) is 21.3 Å². The predicted octanol–water partition coefficient (Wildman–Crippen LogP) is 3.73. The Morgan fingerprint density at radius 1 is 1.03 bits per heavy atom. The summed E-state index contributed by atoms with van der Waals surface area (Å²) in [6, 6.07) is 14.4. The fourth-order valence-electron chi connectivity index (χ4n) is 2.68. The number of amides is 1. The highest BCUT2D eigenvalue weighted by Crippen LogP contribution is 2.27. The molecule has 0 spiro atoms. The predicted molar refractivity (Wildman–Crippen MR) is 116 cm³/mol. The number of hydrogen-bond donors (Lipinski definition) is 2. The third-order valence-corrected chi connectivity index (χ3v) is 7.14. The number of hydrogen-bond acceptors (Lipinski definition) is 7. The third kappa shape index (κ3) is 4.67. The summed E-state index contributed by atoms with van der Waals surface area (Å²) in [6.07, 6.45) is -0.0137. The molecule has 0 radical (unpaired) electrons. The number of anilines is 1. The van der Waals surface area contributed by atoms with Gasteiger partial charge in [0.2, 0.25) is 21.1 Å². The van der Waals surface area contributed by atoms with Gasteiger partial charge in [-0.25, -0.2) is 13.1 Å². The van der Waals surface area contributed by atoms with Gasteiger partial charge >= 0.3 is 0 Å². The van der Waals surface area contributed by atoms with E-state index in [1.807, 2.05) is 41.1 Å². The Kier molecular flexibility index (Phi) is 5.67. The first-order valence-corrected chi connectivity index (χ1v) is 11.9. The van der Waals surface area contributed by atoms with E-state index in [2.05, 4.69) is 20.2 Å². The first-order chi connectivity index (χ1) is 14.0. The number of thiophene rings is 1. The number of nitrogens with one attached hydrogen (secondary N) is 2. The summed E-state index contributed by atoms with van der Waals surface area (Å²) in [6.45, 7) is -0.0167. The quantitative estimate of drug-likeness (QED) is 0.452. The molecule has 0 aliphatic heterocycles. The summed E-state index contributed by atoms with van der Waals surface area (Å²) in [4.78, 5) is 12.3. The van der Waals surface area contributed by atoms with Crippen LogP contribution in [0.1, 0.15) is 6.42 Å². The molecule has 2 N–H and O–H groups in total. The molecule has 4 aromatic rings. The fourth-order valence-corrected chi connectivity index (χ4v) is 5.21. The number of aromatic nitrogens is 2. The van der Waals surface area contributed by atoms with Gasteiger partial charge in [-0.2, -0.15) is 11.3 Å². The molecule has 2 heterocycles. The van der Waals surface area contributed by atoms with Crippen molar-refractivity contribution >= 4 is 54.5 Å². The smallest absolute Gasteiger partial charge is 0.240 e. The lowest BCUT2D eigenvalue weighted by molar-refractivity contribution is -0.116. The maximum atomic E-state index is 12.5. The van der Waals surface area contributed by atoms with Crippen molar-refractivity contribution < 1.29 is 13.2 Å². The van der Waals surface area contributed by atoms with Gasteiger partial charge in [-0.3, -0.25) is 4.79 Å². The van der Waals surface area contributed by atoms with Gasteiger partial charge in [-0.05, 0) is 34.4 Å². The lowest BCUT2D eigenvalue weighted by atomic mass is 10.1. The van der Waals surface area contributed by atoms with Gasteiger partial charge in [0.1, 0.15) is 5.01 Å². The highest BCUT2D eigenvalue weighted by atomic mass is 32.2. The van der Waals surface area contributed by atoms with Crippen LogP contribution in [-0.4, -0.2) is 31.1 Å². The van der Waals surface area contributed by atoms with Crippen LogP contribution in [0.5, 0.6) is 0 Å². The van der Waals surface area contributed by atoms with Gasteiger partial charge in [0.05, 0.1) is 4.90 Å². The van der Waals surface area contributed by atoms with Gasteiger partial charge in [0.25, 0.3) is 0 Å². The molecular weight excluding hydrogens is 428 g/mol. The van der Waals surface area contributed by atoms with Gasteiger partial charge < -0.3 is 5.32 Å². The van der Waals surface area contributed by atoms with E-state index in [1.165, 1.54) is 11.3 Å². The van der Waals surface area contributed by atoms with Crippen LogP contribution >= 0.6 is 22.7 Å². The second-order valence-corrected chi connectivity index (χ2v) is 9.65. The number of sulfonamides is 1. The van der Waals surface area contributed by atoms with Crippen LogP contribution in [0.4, 0.5) is 5.13 Å². The Bertz CT molecular complexity index is 1250. The minimum absolute atomic E-state index is 0.0137. The number of carbonyl (C=O) groups excluding carboxylic acids is 1. The molecule has 0 aliphatic carbocycles. The van der Waals surface area contributed by atoms with E-state index in [0.29, 0.717) is 5.13 Å². The molecule has 0 aliphatic rings. The molecule has 1 amide bonds.